The van der Waals surface area contributed by atoms with Crippen LogP contribution in [0.1, 0.15) is 27.8 Å². The van der Waals surface area contributed by atoms with E-state index >= 15 is 0 Å². The summed E-state index contributed by atoms with van der Waals surface area (Å²) in [5.74, 6) is 0.948. The molecular formula is C20H21NO2. The van der Waals surface area contributed by atoms with Crippen LogP contribution in [0.15, 0.2) is 42.6 Å². The summed E-state index contributed by atoms with van der Waals surface area (Å²) < 4.78 is 5.17. The summed E-state index contributed by atoms with van der Waals surface area (Å²) in [7, 11) is 1.65. The molecule has 0 aromatic heterocycles. The zero-order valence-electron chi connectivity index (χ0n) is 13.8. The van der Waals surface area contributed by atoms with Crippen molar-refractivity contribution in [3.05, 3.63) is 70.4 Å². The van der Waals surface area contributed by atoms with Gasteiger partial charge in [-0.1, -0.05) is 24.3 Å². The van der Waals surface area contributed by atoms with E-state index in [1.807, 2.05) is 36.5 Å². The Bertz CT molecular complexity index is 760. The Morgan fingerprint density at radius 3 is 2.48 bits per heavy atom. The number of rotatable bonds is 3. The van der Waals surface area contributed by atoms with Crippen LogP contribution in [0, 0.1) is 13.8 Å². The van der Waals surface area contributed by atoms with Crippen molar-refractivity contribution >= 4 is 12.0 Å². The van der Waals surface area contributed by atoms with Crippen LogP contribution in [0.5, 0.6) is 5.75 Å². The quantitative estimate of drug-likeness (QED) is 0.861. The predicted octanol–water partition coefficient (Wildman–Crippen LogP) is 3.87. The fraction of sp³-hybridized carbons (Fsp3) is 0.250. The Morgan fingerprint density at radius 2 is 1.78 bits per heavy atom. The molecule has 0 aliphatic carbocycles. The van der Waals surface area contributed by atoms with Crippen LogP contribution < -0.4 is 4.74 Å². The number of amides is 1. The van der Waals surface area contributed by atoms with Crippen molar-refractivity contribution in [1.82, 2.24) is 4.90 Å². The maximum absolute atomic E-state index is 12.6. The number of benzene rings is 2. The number of carbonyl (C=O) groups excluding carboxylic acids is 1. The second-order valence-corrected chi connectivity index (χ2v) is 6.00. The van der Waals surface area contributed by atoms with Gasteiger partial charge in [-0.05, 0) is 59.9 Å². The highest BCUT2D eigenvalue weighted by Gasteiger charge is 2.18. The maximum atomic E-state index is 12.6. The number of hydrogen-bond acceptors (Lipinski definition) is 2. The molecule has 0 saturated carbocycles. The van der Waals surface area contributed by atoms with E-state index in [0.717, 1.165) is 22.4 Å². The van der Waals surface area contributed by atoms with Gasteiger partial charge in [0.2, 0.25) is 5.91 Å². The predicted molar refractivity (Wildman–Crippen MR) is 92.2 cm³/mol. The van der Waals surface area contributed by atoms with Crippen molar-refractivity contribution in [2.75, 3.05) is 7.11 Å². The van der Waals surface area contributed by atoms with E-state index in [9.17, 15) is 4.79 Å². The van der Waals surface area contributed by atoms with Gasteiger partial charge >= 0.3 is 0 Å². The van der Waals surface area contributed by atoms with Gasteiger partial charge in [-0.3, -0.25) is 4.79 Å². The first-order chi connectivity index (χ1) is 11.1. The van der Waals surface area contributed by atoms with Gasteiger partial charge in [-0.25, -0.2) is 0 Å². The van der Waals surface area contributed by atoms with Gasteiger partial charge in [0.15, 0.2) is 0 Å². The van der Waals surface area contributed by atoms with Crippen LogP contribution in [-0.4, -0.2) is 17.9 Å². The Morgan fingerprint density at radius 1 is 1.09 bits per heavy atom. The zero-order chi connectivity index (χ0) is 16.4. The molecule has 1 amide bonds. The summed E-state index contributed by atoms with van der Waals surface area (Å²) in [4.78, 5) is 14.3. The molecule has 0 unspecified atom stereocenters. The van der Waals surface area contributed by atoms with Crippen molar-refractivity contribution < 1.29 is 9.53 Å². The molecule has 0 fully saturated rings. The summed E-state index contributed by atoms with van der Waals surface area (Å²) in [5.41, 5.74) is 5.81. The molecule has 3 heteroatoms. The van der Waals surface area contributed by atoms with Crippen molar-refractivity contribution in [3.63, 3.8) is 0 Å². The lowest BCUT2D eigenvalue weighted by Gasteiger charge is -2.17. The lowest BCUT2D eigenvalue weighted by molar-refractivity contribution is -0.128. The topological polar surface area (TPSA) is 29.5 Å². The van der Waals surface area contributed by atoms with Crippen LogP contribution in [0.2, 0.25) is 0 Å². The Kier molecular flexibility index (Phi) is 4.20. The Hall–Kier alpha value is -2.55. The average Bonchev–Trinajstić information content (AvgIpc) is 2.69. The molecular weight excluding hydrogens is 286 g/mol. The van der Waals surface area contributed by atoms with Crippen LogP contribution in [0.25, 0.3) is 6.08 Å². The van der Waals surface area contributed by atoms with Crippen LogP contribution in [0.3, 0.4) is 0 Å². The maximum Gasteiger partial charge on any atom is 0.231 e. The summed E-state index contributed by atoms with van der Waals surface area (Å²) in [6, 6.07) is 12.1. The third kappa shape index (κ3) is 3.29. The van der Waals surface area contributed by atoms with Crippen molar-refractivity contribution in [2.45, 2.75) is 26.8 Å². The monoisotopic (exact) mass is 307 g/mol. The second kappa shape index (κ2) is 6.29. The fourth-order valence-corrected chi connectivity index (χ4v) is 2.79. The van der Waals surface area contributed by atoms with E-state index < -0.39 is 0 Å². The van der Waals surface area contributed by atoms with E-state index in [2.05, 4.69) is 26.0 Å². The molecule has 3 rings (SSSR count). The molecule has 118 valence electrons. The normalized spacial score (nSPS) is 13.7. The number of ether oxygens (including phenoxy) is 1. The number of hydrogen-bond donors (Lipinski definition) is 0. The van der Waals surface area contributed by atoms with Crippen LogP contribution in [-0.2, 0) is 17.8 Å². The number of carbonyl (C=O) groups is 1. The first kappa shape index (κ1) is 15.3. The highest BCUT2D eigenvalue weighted by molar-refractivity contribution is 5.83. The molecule has 23 heavy (non-hydrogen) atoms. The van der Waals surface area contributed by atoms with Crippen molar-refractivity contribution in [2.24, 2.45) is 0 Å². The third-order valence-corrected chi connectivity index (χ3v) is 4.36. The largest absolute Gasteiger partial charge is 0.497 e. The van der Waals surface area contributed by atoms with E-state index in [1.54, 1.807) is 12.0 Å². The number of nitrogens with zero attached hydrogens (tertiary/aromatic N) is 1. The molecule has 0 spiro atoms. The molecule has 2 aromatic carbocycles. The molecule has 0 radical (unpaired) electrons. The van der Waals surface area contributed by atoms with Gasteiger partial charge in [0.1, 0.15) is 5.75 Å². The summed E-state index contributed by atoms with van der Waals surface area (Å²) in [6.07, 6.45) is 4.38. The lowest BCUT2D eigenvalue weighted by Crippen LogP contribution is -2.25. The Balaban J connectivity index is 1.82. The summed E-state index contributed by atoms with van der Waals surface area (Å²) in [5, 5.41) is 0. The fourth-order valence-electron chi connectivity index (χ4n) is 2.79. The number of aryl methyl sites for hydroxylation is 2. The number of fused-ring (bicyclic) bond motifs is 1. The smallest absolute Gasteiger partial charge is 0.231 e. The molecule has 1 heterocycles. The molecule has 1 aliphatic heterocycles. The molecule has 1 aliphatic rings. The third-order valence-electron chi connectivity index (χ3n) is 4.36. The second-order valence-electron chi connectivity index (χ2n) is 6.00. The molecule has 0 atom stereocenters. The van der Waals surface area contributed by atoms with E-state index in [0.29, 0.717) is 13.0 Å². The van der Waals surface area contributed by atoms with Gasteiger partial charge < -0.3 is 9.64 Å². The Labute approximate surface area is 137 Å². The van der Waals surface area contributed by atoms with Gasteiger partial charge in [-0.15, -0.1) is 0 Å². The zero-order valence-corrected chi connectivity index (χ0v) is 13.8. The molecule has 0 bridgehead atoms. The van der Waals surface area contributed by atoms with Crippen molar-refractivity contribution in [3.8, 4) is 5.75 Å². The molecule has 0 N–H and O–H groups in total. The highest BCUT2D eigenvalue weighted by atomic mass is 16.5. The van der Waals surface area contributed by atoms with E-state index in [-0.39, 0.29) is 5.91 Å². The lowest BCUT2D eigenvalue weighted by atomic mass is 9.98. The minimum absolute atomic E-state index is 0.124. The summed E-state index contributed by atoms with van der Waals surface area (Å²) in [6.45, 7) is 4.76. The van der Waals surface area contributed by atoms with Gasteiger partial charge in [0.05, 0.1) is 20.1 Å². The molecule has 2 aromatic rings. The van der Waals surface area contributed by atoms with Crippen LogP contribution in [0.4, 0.5) is 0 Å². The summed E-state index contributed by atoms with van der Waals surface area (Å²) >= 11 is 0. The average molecular weight is 307 g/mol. The van der Waals surface area contributed by atoms with Gasteiger partial charge in [0.25, 0.3) is 0 Å². The van der Waals surface area contributed by atoms with E-state index in [4.69, 9.17) is 4.74 Å². The van der Waals surface area contributed by atoms with Gasteiger partial charge in [-0.2, -0.15) is 0 Å². The first-order valence-electron chi connectivity index (χ1n) is 7.77. The SMILES string of the molecule is COc1ccc(CN2C=Cc3cc(C)c(C)cc3CC2=O)cc1. The minimum atomic E-state index is 0.124. The van der Waals surface area contributed by atoms with Crippen LogP contribution >= 0.6 is 0 Å². The first-order valence-corrected chi connectivity index (χ1v) is 7.77. The van der Waals surface area contributed by atoms with Gasteiger partial charge in [0, 0.05) is 6.20 Å². The van der Waals surface area contributed by atoms with E-state index in [1.165, 1.54) is 11.1 Å². The minimum Gasteiger partial charge on any atom is -0.497 e. The van der Waals surface area contributed by atoms with Crippen molar-refractivity contribution in [1.29, 1.82) is 0 Å². The standard InChI is InChI=1S/C20H21NO2/c1-14-10-17-8-9-21(20(22)12-18(17)11-15(14)2)13-16-4-6-19(23-3)7-5-16/h4-11H,12-13H2,1-3H3. The molecule has 3 nitrogen and oxygen atoms in total. The highest BCUT2D eigenvalue weighted by Crippen LogP contribution is 2.23. The molecule has 0 saturated heterocycles. The number of methoxy groups -OCH3 is 1.